The van der Waals surface area contributed by atoms with Gasteiger partial charge in [-0.05, 0) is 18.2 Å². The van der Waals surface area contributed by atoms with Crippen LogP contribution in [0.3, 0.4) is 0 Å². The van der Waals surface area contributed by atoms with Crippen molar-refractivity contribution in [2.75, 3.05) is 6.61 Å². The van der Waals surface area contributed by atoms with Gasteiger partial charge in [0.1, 0.15) is 22.7 Å². The van der Waals surface area contributed by atoms with Gasteiger partial charge >= 0.3 is 5.97 Å². The third-order valence-corrected chi connectivity index (χ3v) is 7.92. The van der Waals surface area contributed by atoms with Crippen molar-refractivity contribution in [2.45, 2.75) is 43.2 Å². The van der Waals surface area contributed by atoms with E-state index in [2.05, 4.69) is 29.1 Å². The molecule has 2 unspecified atom stereocenters. The number of hydrogen-bond donors (Lipinski definition) is 0. The highest BCUT2D eigenvalue weighted by molar-refractivity contribution is 7.99. The first-order valence-electron chi connectivity index (χ1n) is 10.0. The van der Waals surface area contributed by atoms with Crippen LogP contribution >= 0.6 is 46.3 Å². The van der Waals surface area contributed by atoms with Gasteiger partial charge in [0.2, 0.25) is 0 Å². The molecule has 3 heterocycles. The molecule has 32 heavy (non-hydrogen) atoms. The molecule has 7 nitrogen and oxygen atoms in total. The van der Waals surface area contributed by atoms with Crippen LogP contribution in [0.5, 0.6) is 0 Å². The third-order valence-electron chi connectivity index (χ3n) is 5.41. The summed E-state index contributed by atoms with van der Waals surface area (Å²) in [5.41, 5.74) is 0.493. The predicted molar refractivity (Wildman–Crippen MR) is 126 cm³/mol. The fourth-order valence-electron chi connectivity index (χ4n) is 3.89. The molecule has 1 aliphatic heterocycles. The first kappa shape index (κ1) is 23.5. The molecule has 11 heteroatoms. The van der Waals surface area contributed by atoms with Gasteiger partial charge in [-0.25, -0.2) is 9.67 Å². The summed E-state index contributed by atoms with van der Waals surface area (Å²) in [6.45, 7) is 5.77. The van der Waals surface area contributed by atoms with Crippen LogP contribution in [0, 0.1) is 11.8 Å². The number of esters is 1. The van der Waals surface area contributed by atoms with E-state index < -0.39 is 0 Å². The van der Waals surface area contributed by atoms with Gasteiger partial charge in [-0.15, -0.1) is 16.4 Å². The maximum Gasteiger partial charge on any atom is 0.302 e. The van der Waals surface area contributed by atoms with Gasteiger partial charge in [0.15, 0.2) is 0 Å². The van der Waals surface area contributed by atoms with Gasteiger partial charge in [-0.1, -0.05) is 54.0 Å². The van der Waals surface area contributed by atoms with E-state index in [1.165, 1.54) is 18.3 Å². The van der Waals surface area contributed by atoms with Crippen molar-refractivity contribution in [3.05, 3.63) is 46.0 Å². The largest absolute Gasteiger partial charge is 0.463 e. The SMILES string of the molecule is CC(=O)OCC1O[C@H](Sc2cc(Cl)cc(Cl)c2)C(C)[C@@H](n2cc(-c3nccs3)nn2)[C@H]1C. The highest BCUT2D eigenvalue weighted by Gasteiger charge is 2.44. The van der Waals surface area contributed by atoms with Crippen LogP contribution in [0.25, 0.3) is 10.7 Å². The van der Waals surface area contributed by atoms with E-state index >= 15 is 0 Å². The number of thioether (sulfide) groups is 1. The molecule has 0 radical (unpaired) electrons. The highest BCUT2D eigenvalue weighted by Crippen LogP contribution is 2.45. The number of carbonyl (C=O) groups is 1. The smallest absolute Gasteiger partial charge is 0.302 e. The Hall–Kier alpha value is -1.65. The number of nitrogens with zero attached hydrogens (tertiary/aromatic N) is 4. The van der Waals surface area contributed by atoms with Crippen LogP contribution in [-0.4, -0.2) is 44.1 Å². The topological polar surface area (TPSA) is 79.1 Å². The van der Waals surface area contributed by atoms with Crippen LogP contribution in [0.15, 0.2) is 40.9 Å². The number of benzene rings is 1. The molecule has 1 saturated heterocycles. The summed E-state index contributed by atoms with van der Waals surface area (Å²) in [5.74, 6) is -0.254. The molecule has 4 rings (SSSR count). The second kappa shape index (κ2) is 10.1. The molecule has 0 bridgehead atoms. The van der Waals surface area contributed by atoms with Gasteiger partial charge < -0.3 is 9.47 Å². The minimum absolute atomic E-state index is 0.0231. The lowest BCUT2D eigenvalue weighted by atomic mass is 9.84. The lowest BCUT2D eigenvalue weighted by molar-refractivity contribution is -0.156. The summed E-state index contributed by atoms with van der Waals surface area (Å²) in [6.07, 6.45) is 3.36. The van der Waals surface area contributed by atoms with Gasteiger partial charge in [0.25, 0.3) is 0 Å². The summed E-state index contributed by atoms with van der Waals surface area (Å²) >= 11 is 15.4. The fourth-order valence-corrected chi connectivity index (χ4v) is 6.36. The van der Waals surface area contributed by atoms with E-state index in [1.807, 2.05) is 28.4 Å². The number of rotatable bonds is 6. The van der Waals surface area contributed by atoms with E-state index in [4.69, 9.17) is 32.7 Å². The van der Waals surface area contributed by atoms with Crippen molar-refractivity contribution >= 4 is 52.3 Å². The zero-order valence-electron chi connectivity index (χ0n) is 17.6. The van der Waals surface area contributed by atoms with Crippen molar-refractivity contribution in [2.24, 2.45) is 11.8 Å². The standard InChI is InChI=1S/C21H22Cl2N4O3S2/c1-11-18(10-29-13(3)28)30-21(32-16-7-14(22)6-15(23)8-16)12(2)19(11)27-9-17(25-26-27)20-24-4-5-31-20/h4-9,11-12,18-19,21H,10H2,1-3H3/t11-,12?,18?,19-,21+/m0/s1. The summed E-state index contributed by atoms with van der Waals surface area (Å²) in [6, 6.07) is 5.39. The predicted octanol–water partition coefficient (Wildman–Crippen LogP) is 5.60. The fraction of sp³-hybridized carbons (Fsp3) is 0.429. The summed E-state index contributed by atoms with van der Waals surface area (Å²) in [7, 11) is 0. The third kappa shape index (κ3) is 5.28. The maximum absolute atomic E-state index is 11.4. The Morgan fingerprint density at radius 3 is 2.66 bits per heavy atom. The Labute approximate surface area is 204 Å². The molecular weight excluding hydrogens is 491 g/mol. The molecular formula is C21H22Cl2N4O3S2. The lowest BCUT2D eigenvalue weighted by Crippen LogP contribution is -2.47. The Morgan fingerprint density at radius 2 is 2.00 bits per heavy atom. The van der Waals surface area contributed by atoms with Crippen LogP contribution in [-0.2, 0) is 14.3 Å². The molecule has 2 aromatic heterocycles. The van der Waals surface area contributed by atoms with E-state index in [9.17, 15) is 4.79 Å². The van der Waals surface area contributed by atoms with Crippen LogP contribution < -0.4 is 0 Å². The normalized spacial score (nSPS) is 25.6. The Kier molecular flexibility index (Phi) is 7.41. The van der Waals surface area contributed by atoms with Crippen molar-refractivity contribution in [1.82, 2.24) is 20.0 Å². The molecule has 1 aliphatic rings. The summed E-state index contributed by atoms with van der Waals surface area (Å²) < 4.78 is 13.6. The van der Waals surface area contributed by atoms with Gasteiger partial charge in [0, 0.05) is 45.3 Å². The van der Waals surface area contributed by atoms with Crippen molar-refractivity contribution in [1.29, 1.82) is 0 Å². The number of thiazole rings is 1. The Bertz CT molecular complexity index is 1060. The summed E-state index contributed by atoms with van der Waals surface area (Å²) in [4.78, 5) is 16.7. The number of carbonyl (C=O) groups excluding carboxylic acids is 1. The minimum Gasteiger partial charge on any atom is -0.463 e. The van der Waals surface area contributed by atoms with E-state index in [0.717, 1.165) is 15.6 Å². The Balaban J connectivity index is 1.63. The molecule has 3 aromatic rings. The van der Waals surface area contributed by atoms with E-state index in [1.54, 1.807) is 24.0 Å². The average Bonchev–Trinajstić information content (AvgIpc) is 3.40. The number of halogens is 2. The minimum atomic E-state index is -0.339. The van der Waals surface area contributed by atoms with Gasteiger partial charge in [-0.3, -0.25) is 4.79 Å². The zero-order chi connectivity index (χ0) is 22.8. The number of aromatic nitrogens is 4. The maximum atomic E-state index is 11.4. The molecule has 5 atom stereocenters. The molecule has 0 aliphatic carbocycles. The van der Waals surface area contributed by atoms with Crippen molar-refractivity contribution < 1.29 is 14.3 Å². The second-order valence-corrected chi connectivity index (χ2v) is 10.6. The van der Waals surface area contributed by atoms with Gasteiger partial charge in [-0.2, -0.15) is 0 Å². The first-order chi connectivity index (χ1) is 15.3. The van der Waals surface area contributed by atoms with Crippen molar-refractivity contribution in [3.63, 3.8) is 0 Å². The first-order valence-corrected chi connectivity index (χ1v) is 12.6. The van der Waals surface area contributed by atoms with E-state index in [-0.39, 0.29) is 42.0 Å². The summed E-state index contributed by atoms with van der Waals surface area (Å²) in [5, 5.41) is 12.6. The van der Waals surface area contributed by atoms with Gasteiger partial charge in [0.05, 0.1) is 18.3 Å². The lowest BCUT2D eigenvalue weighted by Gasteiger charge is -2.44. The molecule has 0 amide bonds. The van der Waals surface area contributed by atoms with Crippen molar-refractivity contribution in [3.8, 4) is 10.7 Å². The monoisotopic (exact) mass is 512 g/mol. The number of ether oxygens (including phenoxy) is 2. The average molecular weight is 513 g/mol. The van der Waals surface area contributed by atoms with Crippen LogP contribution in [0.2, 0.25) is 10.0 Å². The second-order valence-electron chi connectivity index (χ2n) is 7.70. The van der Waals surface area contributed by atoms with E-state index in [0.29, 0.717) is 10.0 Å². The molecule has 0 spiro atoms. The van der Waals surface area contributed by atoms with Crippen LogP contribution in [0.1, 0.15) is 26.8 Å². The molecule has 0 saturated carbocycles. The molecule has 1 aromatic carbocycles. The molecule has 1 fully saturated rings. The molecule has 170 valence electrons. The number of hydrogen-bond acceptors (Lipinski definition) is 8. The Morgan fingerprint density at radius 1 is 1.25 bits per heavy atom. The van der Waals surface area contributed by atoms with Crippen LogP contribution in [0.4, 0.5) is 0 Å². The quantitative estimate of drug-likeness (QED) is 0.397. The molecule has 0 N–H and O–H groups in total. The highest BCUT2D eigenvalue weighted by atomic mass is 35.5. The zero-order valence-corrected chi connectivity index (χ0v) is 20.8.